The maximum atomic E-state index is 13.4. The Hall–Kier alpha value is -3.06. The summed E-state index contributed by atoms with van der Waals surface area (Å²) in [7, 11) is 0. The summed E-state index contributed by atoms with van der Waals surface area (Å²) in [6.45, 7) is 7.42. The number of esters is 1. The van der Waals surface area contributed by atoms with Crippen LogP contribution in [0.4, 0.5) is 0 Å². The fourth-order valence-corrected chi connectivity index (χ4v) is 8.30. The molecule has 0 spiro atoms. The molecule has 2 fully saturated rings. The van der Waals surface area contributed by atoms with Gasteiger partial charge in [0.05, 0.1) is 18.6 Å². The second-order valence-corrected chi connectivity index (χ2v) is 13.0. The van der Waals surface area contributed by atoms with Gasteiger partial charge in [0.1, 0.15) is 5.60 Å². The van der Waals surface area contributed by atoms with E-state index in [4.69, 9.17) is 4.74 Å². The summed E-state index contributed by atoms with van der Waals surface area (Å²) < 4.78 is 6.35. The van der Waals surface area contributed by atoms with Gasteiger partial charge in [0.15, 0.2) is 11.4 Å². The number of allylic oxidation sites excluding steroid dienone is 1. The van der Waals surface area contributed by atoms with Crippen molar-refractivity contribution in [3.05, 3.63) is 83.5 Å². The van der Waals surface area contributed by atoms with E-state index < -0.39 is 40.0 Å². The third-order valence-electron chi connectivity index (χ3n) is 10.4. The Morgan fingerprint density at radius 3 is 2.27 bits per heavy atom. The van der Waals surface area contributed by atoms with Gasteiger partial charge in [-0.05, 0) is 40.2 Å². The van der Waals surface area contributed by atoms with Crippen molar-refractivity contribution >= 4 is 11.8 Å². The average Bonchev–Trinajstić information content (AvgIpc) is 3.33. The van der Waals surface area contributed by atoms with Crippen molar-refractivity contribution in [3.63, 3.8) is 0 Å². The minimum absolute atomic E-state index is 0.0387. The molecule has 0 aromatic heterocycles. The van der Waals surface area contributed by atoms with Gasteiger partial charge in [0, 0.05) is 29.6 Å². The summed E-state index contributed by atoms with van der Waals surface area (Å²) in [5.41, 5.74) is -0.656. The first-order chi connectivity index (χ1) is 18.9. The van der Waals surface area contributed by atoms with Gasteiger partial charge in [-0.1, -0.05) is 94.4 Å². The molecule has 6 heteroatoms. The Morgan fingerprint density at radius 2 is 1.62 bits per heavy atom. The van der Waals surface area contributed by atoms with E-state index in [0.717, 1.165) is 16.7 Å². The molecule has 1 unspecified atom stereocenters. The lowest BCUT2D eigenvalue weighted by Gasteiger charge is -2.48. The molecule has 0 aliphatic heterocycles. The molecule has 2 aromatic carbocycles. The monoisotopic (exact) mass is 542 g/mol. The zero-order valence-electron chi connectivity index (χ0n) is 23.6. The van der Waals surface area contributed by atoms with Crippen LogP contribution in [0.1, 0.15) is 46.1 Å². The Kier molecular flexibility index (Phi) is 6.08. The molecule has 0 radical (unpaired) electrons. The molecule has 2 saturated carbocycles. The van der Waals surface area contributed by atoms with Crippen LogP contribution in [0.25, 0.3) is 11.1 Å². The minimum atomic E-state index is -1.84. The van der Waals surface area contributed by atoms with Crippen molar-refractivity contribution in [2.75, 3.05) is 6.61 Å². The number of rotatable bonds is 5. The van der Waals surface area contributed by atoms with Gasteiger partial charge in [-0.25, -0.2) is 0 Å². The highest BCUT2D eigenvalue weighted by molar-refractivity contribution is 5.98. The number of fused-ring (bicyclic) bond motifs is 5. The Labute approximate surface area is 235 Å². The number of aliphatic hydroxyl groups is 3. The van der Waals surface area contributed by atoms with Crippen LogP contribution in [0.15, 0.2) is 77.9 Å². The molecule has 40 heavy (non-hydrogen) atoms. The van der Waals surface area contributed by atoms with Crippen LogP contribution in [-0.4, -0.2) is 50.5 Å². The second kappa shape index (κ2) is 8.97. The van der Waals surface area contributed by atoms with Crippen LogP contribution in [0, 0.1) is 29.1 Å². The number of hydrogen-bond donors (Lipinski definition) is 3. The van der Waals surface area contributed by atoms with Crippen LogP contribution in [-0.2, 0) is 20.7 Å². The summed E-state index contributed by atoms with van der Waals surface area (Å²) in [4.78, 5) is 26.5. The first kappa shape index (κ1) is 27.1. The molecule has 3 N–H and O–H groups in total. The Balaban J connectivity index is 1.28. The van der Waals surface area contributed by atoms with Gasteiger partial charge < -0.3 is 20.1 Å². The van der Waals surface area contributed by atoms with Gasteiger partial charge in [-0.3, -0.25) is 9.59 Å². The van der Waals surface area contributed by atoms with Crippen molar-refractivity contribution in [2.24, 2.45) is 29.1 Å². The largest absolute Gasteiger partial charge is 0.458 e. The number of benzene rings is 2. The lowest BCUT2D eigenvalue weighted by molar-refractivity contribution is -0.163. The van der Waals surface area contributed by atoms with E-state index in [1.54, 1.807) is 13.0 Å². The van der Waals surface area contributed by atoms with Crippen LogP contribution in [0.5, 0.6) is 0 Å². The number of ketones is 1. The number of ether oxygens (including phenoxy) is 1. The number of carbonyl (C=O) groups is 2. The van der Waals surface area contributed by atoms with Gasteiger partial charge >= 0.3 is 5.97 Å². The first-order valence-corrected chi connectivity index (χ1v) is 14.3. The number of hydrogen-bond acceptors (Lipinski definition) is 6. The van der Waals surface area contributed by atoms with E-state index in [0.29, 0.717) is 17.6 Å². The minimum Gasteiger partial charge on any atom is -0.458 e. The quantitative estimate of drug-likeness (QED) is 0.382. The maximum absolute atomic E-state index is 13.4. The standard InChI is InChI=1S/C34H38O6/c1-20-14-27-32(38,30(20)37)18-23(19-35)15-26-29-31(3,4)33(29,17-21(2)34(26,27)39)40-28(36)16-22-10-12-25(13-11-22)24-8-6-5-7-9-24/h5-15,20-21,26,29,35,38-39H,16-19H2,1-4H3/t20?,21-,26+,29-,32-,33+,34-/m1/s1. The molecule has 0 bridgehead atoms. The fraction of sp³-hybridized carbons (Fsp3) is 0.471. The van der Waals surface area contributed by atoms with Gasteiger partial charge in [-0.2, -0.15) is 0 Å². The normalized spacial score (nSPS) is 37.3. The van der Waals surface area contributed by atoms with Gasteiger partial charge in [-0.15, -0.1) is 0 Å². The number of carbonyl (C=O) groups excluding carboxylic acids is 2. The van der Waals surface area contributed by atoms with Gasteiger partial charge in [0.25, 0.3) is 0 Å². The van der Waals surface area contributed by atoms with Crippen molar-refractivity contribution < 1.29 is 29.6 Å². The highest BCUT2D eigenvalue weighted by Gasteiger charge is 2.82. The number of aliphatic hydroxyl groups excluding tert-OH is 1. The van der Waals surface area contributed by atoms with Crippen LogP contribution in [0.2, 0.25) is 0 Å². The molecule has 4 aliphatic rings. The van der Waals surface area contributed by atoms with E-state index in [-0.39, 0.29) is 37.1 Å². The zero-order chi connectivity index (χ0) is 28.7. The van der Waals surface area contributed by atoms with Crippen LogP contribution in [0.3, 0.4) is 0 Å². The zero-order valence-corrected chi connectivity index (χ0v) is 23.6. The molecule has 6 nitrogen and oxygen atoms in total. The second-order valence-electron chi connectivity index (χ2n) is 13.0. The lowest BCUT2D eigenvalue weighted by Crippen LogP contribution is -2.57. The smallest absolute Gasteiger partial charge is 0.310 e. The fourth-order valence-electron chi connectivity index (χ4n) is 8.30. The van der Waals surface area contributed by atoms with E-state index in [9.17, 15) is 24.9 Å². The highest BCUT2D eigenvalue weighted by atomic mass is 16.6. The van der Waals surface area contributed by atoms with E-state index in [1.807, 2.05) is 67.6 Å². The van der Waals surface area contributed by atoms with Crippen LogP contribution >= 0.6 is 0 Å². The van der Waals surface area contributed by atoms with Gasteiger partial charge in [0.2, 0.25) is 0 Å². The molecule has 2 aromatic rings. The topological polar surface area (TPSA) is 104 Å². The molecular weight excluding hydrogens is 504 g/mol. The third kappa shape index (κ3) is 3.65. The summed E-state index contributed by atoms with van der Waals surface area (Å²) >= 11 is 0. The SMILES string of the molecule is CC1C=C2[C@](O)(CC(CO)=C[C@H]3[C@@H]4C(C)(C)[C@]4(OC(=O)Cc4ccc(-c5ccccc5)cc4)C[C@@H](C)[C@]23O)C1=O. The van der Waals surface area contributed by atoms with Crippen LogP contribution < -0.4 is 0 Å². The molecular formula is C34H38O6. The average molecular weight is 543 g/mol. The Morgan fingerprint density at radius 1 is 0.975 bits per heavy atom. The molecule has 210 valence electrons. The van der Waals surface area contributed by atoms with E-state index >= 15 is 0 Å². The molecule has 0 amide bonds. The summed E-state index contributed by atoms with van der Waals surface area (Å²) in [6, 6.07) is 18.0. The summed E-state index contributed by atoms with van der Waals surface area (Å²) in [6.07, 6.45) is 4.07. The predicted octanol–water partition coefficient (Wildman–Crippen LogP) is 4.42. The lowest BCUT2D eigenvalue weighted by atomic mass is 9.62. The van der Waals surface area contributed by atoms with E-state index in [2.05, 4.69) is 13.8 Å². The predicted molar refractivity (Wildman–Crippen MR) is 151 cm³/mol. The molecule has 4 aliphatic carbocycles. The molecule has 0 heterocycles. The van der Waals surface area contributed by atoms with Crippen molar-refractivity contribution in [1.82, 2.24) is 0 Å². The maximum Gasteiger partial charge on any atom is 0.310 e. The summed E-state index contributed by atoms with van der Waals surface area (Å²) in [5, 5.41) is 34.2. The Bertz CT molecular complexity index is 1420. The molecule has 6 rings (SSSR count). The number of Topliss-reactive ketones (excluding diaryl/α,β-unsaturated/α-hetero) is 1. The van der Waals surface area contributed by atoms with Crippen molar-refractivity contribution in [3.8, 4) is 11.1 Å². The van der Waals surface area contributed by atoms with Crippen molar-refractivity contribution in [1.29, 1.82) is 0 Å². The first-order valence-electron chi connectivity index (χ1n) is 14.3. The molecule has 0 saturated heterocycles. The highest BCUT2D eigenvalue weighted by Crippen LogP contribution is 2.76. The third-order valence-corrected chi connectivity index (χ3v) is 10.4. The van der Waals surface area contributed by atoms with Crippen molar-refractivity contribution in [2.45, 2.75) is 63.8 Å². The van der Waals surface area contributed by atoms with E-state index in [1.165, 1.54) is 0 Å². The summed E-state index contributed by atoms with van der Waals surface area (Å²) in [5.74, 6) is -2.36. The molecule has 7 atom stereocenters.